The van der Waals surface area contributed by atoms with Crippen LogP contribution in [0.25, 0.3) is 0 Å². The average Bonchev–Trinajstić information content (AvgIpc) is 2.65. The molecule has 2 rings (SSSR count). The van der Waals surface area contributed by atoms with Crippen molar-refractivity contribution in [3.63, 3.8) is 0 Å². The first kappa shape index (κ1) is 9.60. The van der Waals surface area contributed by atoms with Crippen LogP contribution in [-0.2, 0) is 10.3 Å². The fourth-order valence-corrected chi connectivity index (χ4v) is 2.52. The van der Waals surface area contributed by atoms with Gasteiger partial charge < -0.3 is 4.74 Å². The van der Waals surface area contributed by atoms with Crippen molar-refractivity contribution in [2.45, 2.75) is 12.5 Å². The maximum atomic E-state index is 6.01. The second-order valence-corrected chi connectivity index (χ2v) is 4.51. The fourth-order valence-electron chi connectivity index (χ4n) is 1.30. The zero-order chi connectivity index (χ0) is 9.64. The predicted octanol–water partition coefficient (Wildman–Crippen LogP) is 3.89. The summed E-state index contributed by atoms with van der Waals surface area (Å²) in [6.45, 7) is 2.61. The molecule has 1 nitrogen and oxygen atoms in total. The molecule has 0 amide bonds. The van der Waals surface area contributed by atoms with Crippen LogP contribution in [0.2, 0.25) is 15.1 Å². The van der Waals surface area contributed by atoms with Gasteiger partial charge in [-0.15, -0.1) is 0 Å². The van der Waals surface area contributed by atoms with E-state index in [4.69, 9.17) is 39.5 Å². The standard InChI is InChI=1S/C9H7Cl3O/c1-9(4-13-9)8-6(11)2-5(10)3-7(8)12/h2-3H,4H2,1H3. The number of rotatable bonds is 1. The average molecular weight is 238 g/mol. The molecule has 13 heavy (non-hydrogen) atoms. The summed E-state index contributed by atoms with van der Waals surface area (Å²) in [5.74, 6) is 0. The van der Waals surface area contributed by atoms with E-state index < -0.39 is 0 Å². The van der Waals surface area contributed by atoms with Crippen LogP contribution < -0.4 is 0 Å². The van der Waals surface area contributed by atoms with Crippen LogP contribution in [0.3, 0.4) is 0 Å². The monoisotopic (exact) mass is 236 g/mol. The van der Waals surface area contributed by atoms with Gasteiger partial charge in [0.25, 0.3) is 0 Å². The van der Waals surface area contributed by atoms with Crippen molar-refractivity contribution in [2.24, 2.45) is 0 Å². The molecule has 1 aromatic rings. The highest BCUT2D eigenvalue weighted by atomic mass is 35.5. The first-order chi connectivity index (χ1) is 6.03. The Hall–Kier alpha value is 0.0500. The van der Waals surface area contributed by atoms with Gasteiger partial charge >= 0.3 is 0 Å². The maximum Gasteiger partial charge on any atom is 0.117 e. The minimum atomic E-state index is -0.307. The van der Waals surface area contributed by atoms with Crippen LogP contribution in [0, 0.1) is 0 Å². The van der Waals surface area contributed by atoms with Crippen molar-refractivity contribution in [2.75, 3.05) is 6.61 Å². The van der Waals surface area contributed by atoms with Crippen molar-refractivity contribution >= 4 is 34.8 Å². The molecular formula is C9H7Cl3O. The maximum absolute atomic E-state index is 6.01. The quantitative estimate of drug-likeness (QED) is 0.675. The Morgan fingerprint density at radius 1 is 1.23 bits per heavy atom. The SMILES string of the molecule is CC1(c2c(Cl)cc(Cl)cc2Cl)CO1. The molecule has 1 heterocycles. The summed E-state index contributed by atoms with van der Waals surface area (Å²) in [5, 5.41) is 1.68. The molecule has 0 saturated carbocycles. The van der Waals surface area contributed by atoms with Crippen LogP contribution in [0.4, 0.5) is 0 Å². The van der Waals surface area contributed by atoms with E-state index in [1.54, 1.807) is 12.1 Å². The summed E-state index contributed by atoms with van der Waals surface area (Å²) in [4.78, 5) is 0. The highest BCUT2D eigenvalue weighted by Gasteiger charge is 2.44. The fraction of sp³-hybridized carbons (Fsp3) is 0.333. The molecule has 0 bridgehead atoms. The largest absolute Gasteiger partial charge is 0.365 e. The lowest BCUT2D eigenvalue weighted by Gasteiger charge is -2.10. The van der Waals surface area contributed by atoms with Gasteiger partial charge in [-0.2, -0.15) is 0 Å². The number of halogens is 3. The van der Waals surface area contributed by atoms with Crippen LogP contribution in [0.15, 0.2) is 12.1 Å². The van der Waals surface area contributed by atoms with E-state index in [-0.39, 0.29) is 5.60 Å². The molecule has 4 heteroatoms. The topological polar surface area (TPSA) is 12.5 Å². The third kappa shape index (κ3) is 1.66. The van der Waals surface area contributed by atoms with Gasteiger partial charge in [-0.05, 0) is 19.1 Å². The summed E-state index contributed by atoms with van der Waals surface area (Å²) < 4.78 is 5.27. The van der Waals surface area contributed by atoms with Crippen molar-refractivity contribution in [1.29, 1.82) is 0 Å². The molecule has 1 aromatic carbocycles. The van der Waals surface area contributed by atoms with E-state index in [1.807, 2.05) is 6.92 Å². The summed E-state index contributed by atoms with van der Waals surface area (Å²) in [7, 11) is 0. The Kier molecular flexibility index (Phi) is 2.23. The molecular weight excluding hydrogens is 230 g/mol. The van der Waals surface area contributed by atoms with Crippen molar-refractivity contribution in [1.82, 2.24) is 0 Å². The summed E-state index contributed by atoms with van der Waals surface area (Å²) in [6.07, 6.45) is 0. The van der Waals surface area contributed by atoms with Crippen LogP contribution in [0.5, 0.6) is 0 Å². The van der Waals surface area contributed by atoms with Gasteiger partial charge in [0, 0.05) is 20.6 Å². The molecule has 1 saturated heterocycles. The number of hydrogen-bond acceptors (Lipinski definition) is 1. The van der Waals surface area contributed by atoms with E-state index >= 15 is 0 Å². The molecule has 0 aromatic heterocycles. The van der Waals surface area contributed by atoms with Crippen molar-refractivity contribution in [3.8, 4) is 0 Å². The lowest BCUT2D eigenvalue weighted by Crippen LogP contribution is -2.04. The Morgan fingerprint density at radius 3 is 2.08 bits per heavy atom. The molecule has 1 aliphatic heterocycles. The third-order valence-electron chi connectivity index (χ3n) is 2.11. The second-order valence-electron chi connectivity index (χ2n) is 3.26. The molecule has 0 N–H and O–H groups in total. The van der Waals surface area contributed by atoms with E-state index in [2.05, 4.69) is 0 Å². The molecule has 0 radical (unpaired) electrons. The lowest BCUT2D eigenvalue weighted by molar-refractivity contribution is 0.330. The number of hydrogen-bond donors (Lipinski definition) is 0. The van der Waals surface area contributed by atoms with Crippen LogP contribution in [-0.4, -0.2) is 6.61 Å². The number of epoxide rings is 1. The van der Waals surface area contributed by atoms with E-state index in [0.29, 0.717) is 21.7 Å². The van der Waals surface area contributed by atoms with E-state index in [1.165, 1.54) is 0 Å². The summed E-state index contributed by atoms with van der Waals surface area (Å²) in [5.41, 5.74) is 0.527. The van der Waals surface area contributed by atoms with Crippen LogP contribution >= 0.6 is 34.8 Å². The van der Waals surface area contributed by atoms with Gasteiger partial charge in [-0.1, -0.05) is 34.8 Å². The summed E-state index contributed by atoms with van der Waals surface area (Å²) >= 11 is 17.8. The van der Waals surface area contributed by atoms with Gasteiger partial charge in [0.2, 0.25) is 0 Å². The van der Waals surface area contributed by atoms with Crippen LogP contribution in [0.1, 0.15) is 12.5 Å². The highest BCUT2D eigenvalue weighted by molar-refractivity contribution is 6.39. The van der Waals surface area contributed by atoms with Crippen molar-refractivity contribution in [3.05, 3.63) is 32.8 Å². The van der Waals surface area contributed by atoms with Gasteiger partial charge in [0.1, 0.15) is 5.60 Å². The summed E-state index contributed by atoms with van der Waals surface area (Å²) in [6, 6.07) is 3.36. The Morgan fingerprint density at radius 2 is 1.69 bits per heavy atom. The third-order valence-corrected chi connectivity index (χ3v) is 2.93. The Balaban J connectivity index is 2.57. The first-order valence-electron chi connectivity index (χ1n) is 3.82. The number of benzene rings is 1. The molecule has 1 aliphatic rings. The first-order valence-corrected chi connectivity index (χ1v) is 4.95. The Bertz CT molecular complexity index is 335. The second kappa shape index (κ2) is 3.03. The number of ether oxygens (including phenoxy) is 1. The normalized spacial score (nSPS) is 26.2. The molecule has 1 atom stereocenters. The Labute approximate surface area is 91.5 Å². The highest BCUT2D eigenvalue weighted by Crippen LogP contribution is 2.45. The molecule has 70 valence electrons. The molecule has 1 fully saturated rings. The van der Waals surface area contributed by atoms with Gasteiger partial charge in [0.15, 0.2) is 0 Å². The van der Waals surface area contributed by atoms with Gasteiger partial charge in [0.05, 0.1) is 6.61 Å². The minimum Gasteiger partial charge on any atom is -0.365 e. The predicted molar refractivity (Wildman–Crippen MR) is 54.8 cm³/mol. The lowest BCUT2D eigenvalue weighted by atomic mass is 10.0. The zero-order valence-corrected chi connectivity index (χ0v) is 9.17. The van der Waals surface area contributed by atoms with Gasteiger partial charge in [-0.3, -0.25) is 0 Å². The molecule has 0 spiro atoms. The van der Waals surface area contributed by atoms with E-state index in [0.717, 1.165) is 5.56 Å². The smallest absolute Gasteiger partial charge is 0.117 e. The zero-order valence-electron chi connectivity index (χ0n) is 6.90. The van der Waals surface area contributed by atoms with Gasteiger partial charge in [-0.25, -0.2) is 0 Å². The minimum absolute atomic E-state index is 0.307. The molecule has 0 aliphatic carbocycles. The molecule has 1 unspecified atom stereocenters. The van der Waals surface area contributed by atoms with E-state index in [9.17, 15) is 0 Å². The van der Waals surface area contributed by atoms with Crippen molar-refractivity contribution < 1.29 is 4.74 Å².